The summed E-state index contributed by atoms with van der Waals surface area (Å²) in [6.45, 7) is -5.33. The van der Waals surface area contributed by atoms with E-state index in [4.69, 9.17) is 66.3 Å². The molecule has 42 nitrogen and oxygen atoms in total. The summed E-state index contributed by atoms with van der Waals surface area (Å²) in [7, 11) is 0. The Morgan fingerprint density at radius 3 is 1.15 bits per heavy atom. The zero-order chi connectivity index (χ0) is 69.3. The van der Waals surface area contributed by atoms with E-state index in [9.17, 15) is 121 Å². The highest BCUT2D eigenvalue weighted by Crippen LogP contribution is 2.38. The molecule has 7 aliphatic rings. The van der Waals surface area contributed by atoms with Gasteiger partial charge in [-0.05, 0) is 0 Å². The normalized spacial score (nSPS) is 46.4. The molecule has 544 valence electrons. The Morgan fingerprint density at radius 1 is 0.351 bits per heavy atom. The minimum Gasteiger partial charge on any atom is -0.394 e. The molecule has 7 saturated heterocycles. The largest absolute Gasteiger partial charge is 0.394 e. The molecular weight excluding hydrogens is 1290 g/mol. The molecule has 7 heterocycles. The third kappa shape index (κ3) is 17.7. The first-order valence-electron chi connectivity index (χ1n) is 29.8. The molecule has 0 saturated carbocycles. The SMILES string of the molecule is CC(=O)N[C@H]1[C@H](O[C@H]2[C@@H](O)[C@@H](CO[C@@H]3O[C@H](CO)[C@@H](O)[C@H](O[C@@H]4O[C@H](CO)[C@H](O)[C@H](O)[C@H]4O)[C@H]3NC(C)=O)O[C@@H](O[C@H]3[C@H](O)[C@@H](CO)O[C@@H](O[C@H]4[C@@H](O)[C@@H](CO)O[C@@H](O[C@H]5[C@H](O)[C@@H](O)[C@H](OC[C@@H](CO)NC=O)O[C@@H]5CO)[C@@H]4O)[C@@H]3NC(C)=O)[C@@H]2O)O[C@H](CO)[C@@H](O)[C@@H]1O. The van der Waals surface area contributed by atoms with Gasteiger partial charge in [-0.1, -0.05) is 0 Å². The second-order valence-corrected chi connectivity index (χ2v) is 23.3. The van der Waals surface area contributed by atoms with Crippen molar-refractivity contribution in [3.8, 4) is 0 Å². The highest BCUT2D eigenvalue weighted by Gasteiger charge is 2.59. The van der Waals surface area contributed by atoms with Gasteiger partial charge in [0.2, 0.25) is 24.1 Å². The van der Waals surface area contributed by atoms with Crippen LogP contribution >= 0.6 is 0 Å². The van der Waals surface area contributed by atoms with Gasteiger partial charge in [-0.3, -0.25) is 19.2 Å². The van der Waals surface area contributed by atoms with E-state index in [0.717, 1.165) is 20.8 Å². The highest BCUT2D eigenvalue weighted by molar-refractivity contribution is 5.74. The van der Waals surface area contributed by atoms with Crippen LogP contribution in [0.1, 0.15) is 20.8 Å². The molecule has 42 heteroatoms. The zero-order valence-electron chi connectivity index (χ0n) is 50.5. The molecule has 0 aromatic rings. The van der Waals surface area contributed by atoms with Crippen LogP contribution in [-0.4, -0.2) is 407 Å². The van der Waals surface area contributed by atoms with Gasteiger partial charge in [-0.15, -0.1) is 0 Å². The summed E-state index contributed by atoms with van der Waals surface area (Å²) >= 11 is 0. The standard InChI is InChI=1S/C52H88N4O38/c1-14(65)54-25-34(74)28(68)18(5-58)84-47(25)93-45-33(73)24(12-82-46-26(55-15(2)66)42(30(70)20(7-60)83-46)91-50-37(77)35(75)29(69)19(6-59)86-50)89-52(40(45)80)92-43-27(56-16(3)67)48(85-21(8-61)31(43)71)94-44-32(72)22(9-62)87-51(39(44)79)90-41-23(10-63)88-49(38(78)36(41)76)81-11-17(4-57)53-13-64/h13,17-52,57-63,68-80H,4-12H2,1-3H3,(H,53,64)(H,54,65)(H,55,66)(H,56,67)/t17-,18-,19-,20-,21-,22-,23-,24-,25-,26-,27-,28-,29+,30-,31-,32+,33+,34-,35+,36-,37-,38-,39-,40-,41-,42-,43-,44+,45+,46-,47+,48+,49-,50+,51+,52+/m1/s1. The summed E-state index contributed by atoms with van der Waals surface area (Å²) in [5, 5.41) is 228. The lowest BCUT2D eigenvalue weighted by molar-refractivity contribution is -0.386. The Kier molecular flexibility index (Phi) is 29.0. The van der Waals surface area contributed by atoms with Crippen LogP contribution in [0.3, 0.4) is 0 Å². The van der Waals surface area contributed by atoms with E-state index in [1.807, 2.05) is 0 Å². The molecule has 7 rings (SSSR count). The van der Waals surface area contributed by atoms with Crippen LogP contribution in [0.2, 0.25) is 0 Å². The summed E-state index contributed by atoms with van der Waals surface area (Å²) in [6, 6.07) is -6.47. The first kappa shape index (κ1) is 77.9. The van der Waals surface area contributed by atoms with Crippen molar-refractivity contribution in [1.29, 1.82) is 0 Å². The molecular formula is C52H88N4O38. The molecule has 0 aromatic carbocycles. The lowest BCUT2D eigenvalue weighted by Gasteiger charge is -2.51. The fourth-order valence-electron chi connectivity index (χ4n) is 11.7. The fraction of sp³-hybridized carbons (Fsp3) is 0.923. The molecule has 0 unspecified atom stereocenters. The van der Waals surface area contributed by atoms with Crippen LogP contribution in [0.5, 0.6) is 0 Å². The second-order valence-electron chi connectivity index (χ2n) is 23.3. The average molecular weight is 1380 g/mol. The quantitative estimate of drug-likeness (QED) is 0.0324. The van der Waals surface area contributed by atoms with E-state index in [1.54, 1.807) is 0 Å². The lowest BCUT2D eigenvalue weighted by Crippen LogP contribution is -2.71. The first-order valence-corrected chi connectivity index (χ1v) is 29.8. The Morgan fingerprint density at radius 2 is 0.691 bits per heavy atom. The van der Waals surface area contributed by atoms with Crippen LogP contribution in [0.15, 0.2) is 0 Å². The van der Waals surface area contributed by atoms with Crippen molar-refractivity contribution in [2.45, 2.75) is 242 Å². The monoisotopic (exact) mass is 1380 g/mol. The molecule has 36 atom stereocenters. The van der Waals surface area contributed by atoms with Gasteiger partial charge in [0, 0.05) is 20.8 Å². The predicted molar refractivity (Wildman–Crippen MR) is 290 cm³/mol. The number of carbonyl (C=O) groups is 4. The van der Waals surface area contributed by atoms with Gasteiger partial charge in [0.05, 0.1) is 65.5 Å². The zero-order valence-corrected chi connectivity index (χ0v) is 50.5. The minimum absolute atomic E-state index is 0.258. The molecule has 7 fully saturated rings. The topological polar surface area (TPSA) is 650 Å². The van der Waals surface area contributed by atoms with Crippen molar-refractivity contribution < 1.29 is 188 Å². The van der Waals surface area contributed by atoms with Gasteiger partial charge in [0.15, 0.2) is 44.0 Å². The van der Waals surface area contributed by atoms with E-state index in [0.29, 0.717) is 0 Å². The third-order valence-electron chi connectivity index (χ3n) is 16.7. The summed E-state index contributed by atoms with van der Waals surface area (Å²) in [5.41, 5.74) is 0. The summed E-state index contributed by atoms with van der Waals surface area (Å²) in [5.74, 6) is -2.68. The van der Waals surface area contributed by atoms with Crippen LogP contribution in [0, 0.1) is 0 Å². The van der Waals surface area contributed by atoms with Gasteiger partial charge in [-0.25, -0.2) is 0 Å². The van der Waals surface area contributed by atoms with Crippen molar-refractivity contribution in [3.63, 3.8) is 0 Å². The lowest BCUT2D eigenvalue weighted by atomic mass is 9.93. The molecule has 0 radical (unpaired) electrons. The Labute approximate surface area is 533 Å². The van der Waals surface area contributed by atoms with Gasteiger partial charge in [0.25, 0.3) is 0 Å². The maximum Gasteiger partial charge on any atom is 0.217 e. The molecule has 7 aliphatic heterocycles. The number of rotatable bonds is 28. The number of amides is 4. The van der Waals surface area contributed by atoms with Crippen molar-refractivity contribution in [1.82, 2.24) is 21.3 Å². The summed E-state index contributed by atoms with van der Waals surface area (Å²) < 4.78 is 81.9. The van der Waals surface area contributed by atoms with Crippen LogP contribution < -0.4 is 21.3 Å². The van der Waals surface area contributed by atoms with Crippen molar-refractivity contribution in [3.05, 3.63) is 0 Å². The van der Waals surface area contributed by atoms with Gasteiger partial charge in [-0.2, -0.15) is 0 Å². The maximum absolute atomic E-state index is 13.2. The van der Waals surface area contributed by atoms with Gasteiger partial charge < -0.3 is 190 Å². The summed E-state index contributed by atoms with van der Waals surface area (Å²) in [4.78, 5) is 49.4. The maximum atomic E-state index is 13.2. The number of hydrogen-bond donors (Lipinski definition) is 24. The van der Waals surface area contributed by atoms with E-state index in [-0.39, 0.29) is 6.41 Å². The van der Waals surface area contributed by atoms with E-state index < -0.39 is 298 Å². The molecule has 0 aliphatic carbocycles. The van der Waals surface area contributed by atoms with Crippen LogP contribution in [-0.2, 0) is 85.5 Å². The molecule has 24 N–H and O–H groups in total. The van der Waals surface area contributed by atoms with Crippen molar-refractivity contribution >= 4 is 24.1 Å². The Bertz CT molecular complexity index is 2370. The van der Waals surface area contributed by atoms with Gasteiger partial charge in [0.1, 0.15) is 171 Å². The smallest absolute Gasteiger partial charge is 0.217 e. The fourth-order valence-corrected chi connectivity index (χ4v) is 11.7. The molecule has 94 heavy (non-hydrogen) atoms. The van der Waals surface area contributed by atoms with Crippen molar-refractivity contribution in [2.75, 3.05) is 59.5 Å². The summed E-state index contributed by atoms with van der Waals surface area (Å²) in [6.07, 6.45) is -63.4. The number of ether oxygens (including phenoxy) is 14. The number of aliphatic hydroxyl groups is 20. The van der Waals surface area contributed by atoms with Gasteiger partial charge >= 0.3 is 0 Å². The van der Waals surface area contributed by atoms with E-state index in [2.05, 4.69) is 21.3 Å². The van der Waals surface area contributed by atoms with Crippen LogP contribution in [0.25, 0.3) is 0 Å². The molecule has 4 amide bonds. The Balaban J connectivity index is 1.20. The van der Waals surface area contributed by atoms with Crippen molar-refractivity contribution in [2.24, 2.45) is 0 Å². The predicted octanol–water partition coefficient (Wildman–Crippen LogP) is -16.7. The average Bonchev–Trinajstić information content (AvgIpc) is 0.779. The minimum atomic E-state index is -2.41. The third-order valence-corrected chi connectivity index (χ3v) is 16.7. The highest BCUT2D eigenvalue weighted by atomic mass is 16.8. The molecule has 0 spiro atoms. The number of carbonyl (C=O) groups excluding carboxylic acids is 4. The number of hydrogen-bond acceptors (Lipinski definition) is 38. The molecule has 0 aromatic heterocycles. The van der Waals surface area contributed by atoms with E-state index >= 15 is 0 Å². The second kappa shape index (κ2) is 35.0. The van der Waals surface area contributed by atoms with Crippen LogP contribution in [0.4, 0.5) is 0 Å². The molecule has 0 bridgehead atoms. The number of aliphatic hydroxyl groups excluding tert-OH is 20. The first-order chi connectivity index (χ1) is 44.6. The van der Waals surface area contributed by atoms with E-state index in [1.165, 1.54) is 0 Å². The number of nitrogens with one attached hydrogen (secondary N) is 4. The Hall–Kier alpha value is -3.48.